The molecule has 0 saturated heterocycles. The molecular weight excluding hydrogens is 242 g/mol. The highest BCUT2D eigenvalue weighted by Crippen LogP contribution is 2.42. The molecule has 2 aliphatic rings. The molecule has 0 bridgehead atoms. The van der Waals surface area contributed by atoms with Crippen molar-refractivity contribution in [3.63, 3.8) is 0 Å². The maximum Gasteiger partial charge on any atom is 0.144 e. The van der Waals surface area contributed by atoms with Gasteiger partial charge >= 0.3 is 0 Å². The first-order valence-electron chi connectivity index (χ1n) is 5.50. The lowest BCUT2D eigenvalue weighted by atomic mass is 9.86. The Hall–Kier alpha value is -0.0500. The van der Waals surface area contributed by atoms with E-state index in [0.717, 1.165) is 35.7 Å². The predicted octanol–water partition coefficient (Wildman–Crippen LogP) is 3.70. The van der Waals surface area contributed by atoms with E-state index < -0.39 is 0 Å². The fourth-order valence-corrected chi connectivity index (χ4v) is 3.41. The molecule has 3 atom stereocenters. The molecule has 1 fully saturated rings. The zero-order valence-corrected chi connectivity index (χ0v) is 10.5. The van der Waals surface area contributed by atoms with Crippen molar-refractivity contribution in [2.75, 3.05) is 0 Å². The van der Waals surface area contributed by atoms with E-state index in [9.17, 15) is 0 Å². The molecule has 1 spiro atoms. The fourth-order valence-electron chi connectivity index (χ4n) is 2.82. The van der Waals surface area contributed by atoms with Gasteiger partial charge in [-0.3, -0.25) is 0 Å². The van der Waals surface area contributed by atoms with E-state index in [1.807, 2.05) is 0 Å². The van der Waals surface area contributed by atoms with Gasteiger partial charge in [0, 0.05) is 6.42 Å². The number of rotatable bonds is 0. The lowest BCUT2D eigenvalue weighted by Gasteiger charge is -2.28. The Balaban J connectivity index is 2.09. The summed E-state index contributed by atoms with van der Waals surface area (Å²) in [6.45, 7) is 4.66. The lowest BCUT2D eigenvalue weighted by molar-refractivity contribution is -0.0433. The van der Waals surface area contributed by atoms with Crippen LogP contribution in [0.4, 0.5) is 0 Å². The molecule has 2 nitrogen and oxygen atoms in total. The van der Waals surface area contributed by atoms with E-state index in [2.05, 4.69) is 34.9 Å². The first-order chi connectivity index (χ1) is 6.60. The maximum absolute atomic E-state index is 5.66. The minimum Gasteiger partial charge on any atom is -0.388 e. The summed E-state index contributed by atoms with van der Waals surface area (Å²) >= 11 is 3.44. The third kappa shape index (κ3) is 2.13. The molecule has 80 valence electrons. The van der Waals surface area contributed by atoms with Crippen molar-refractivity contribution in [2.24, 2.45) is 17.0 Å². The van der Waals surface area contributed by atoms with Gasteiger partial charge in [0.25, 0.3) is 0 Å². The highest BCUT2D eigenvalue weighted by atomic mass is 79.9. The van der Waals surface area contributed by atoms with Crippen LogP contribution in [0, 0.1) is 11.8 Å². The van der Waals surface area contributed by atoms with Gasteiger partial charge in [0.15, 0.2) is 0 Å². The molecule has 0 N–H and O–H groups in total. The van der Waals surface area contributed by atoms with Crippen LogP contribution in [-0.2, 0) is 4.84 Å². The zero-order chi connectivity index (χ0) is 10.2. The molecule has 1 aliphatic heterocycles. The van der Waals surface area contributed by atoms with Crippen molar-refractivity contribution >= 4 is 20.6 Å². The van der Waals surface area contributed by atoms with Crippen molar-refractivity contribution in [3.8, 4) is 0 Å². The van der Waals surface area contributed by atoms with Gasteiger partial charge in [-0.2, -0.15) is 0 Å². The Kier molecular flexibility index (Phi) is 2.87. The summed E-state index contributed by atoms with van der Waals surface area (Å²) in [5, 5.41) is 4.06. The van der Waals surface area contributed by atoms with Crippen LogP contribution in [0.15, 0.2) is 5.16 Å². The van der Waals surface area contributed by atoms with Crippen LogP contribution >= 0.6 is 15.9 Å². The van der Waals surface area contributed by atoms with Gasteiger partial charge in [0.2, 0.25) is 0 Å². The smallest absolute Gasteiger partial charge is 0.144 e. The molecule has 0 aromatic rings. The highest BCUT2D eigenvalue weighted by molar-refractivity contribution is 9.18. The van der Waals surface area contributed by atoms with Crippen molar-refractivity contribution in [3.05, 3.63) is 0 Å². The van der Waals surface area contributed by atoms with Gasteiger partial charge < -0.3 is 4.84 Å². The second kappa shape index (κ2) is 3.84. The number of halogens is 1. The topological polar surface area (TPSA) is 21.6 Å². The third-order valence-electron chi connectivity index (χ3n) is 3.40. The Morgan fingerprint density at radius 2 is 1.86 bits per heavy atom. The zero-order valence-electron chi connectivity index (χ0n) is 8.92. The SMILES string of the molecule is C[C@@H]1CC[C@H](C)C[C@@]2(CC(Br)=NO2)C1. The average Bonchev–Trinajstić information content (AvgIpc) is 2.36. The Morgan fingerprint density at radius 3 is 2.29 bits per heavy atom. The molecule has 1 saturated carbocycles. The lowest BCUT2D eigenvalue weighted by Crippen LogP contribution is -2.31. The summed E-state index contributed by atoms with van der Waals surface area (Å²) in [4.78, 5) is 5.66. The second-order valence-corrected chi connectivity index (χ2v) is 6.03. The molecule has 0 aromatic carbocycles. The Bertz CT molecular complexity index is 240. The summed E-state index contributed by atoms with van der Waals surface area (Å²) in [6, 6.07) is 0. The summed E-state index contributed by atoms with van der Waals surface area (Å²) in [5.41, 5.74) is 0.0220. The first kappa shape index (κ1) is 10.5. The van der Waals surface area contributed by atoms with Crippen LogP contribution in [0.3, 0.4) is 0 Å². The van der Waals surface area contributed by atoms with Crippen molar-refractivity contribution in [1.29, 1.82) is 0 Å². The van der Waals surface area contributed by atoms with E-state index in [-0.39, 0.29) is 5.60 Å². The van der Waals surface area contributed by atoms with E-state index in [1.54, 1.807) is 0 Å². The van der Waals surface area contributed by atoms with E-state index in [4.69, 9.17) is 4.84 Å². The molecule has 0 unspecified atom stereocenters. The number of hydrogen-bond donors (Lipinski definition) is 0. The quantitative estimate of drug-likeness (QED) is 0.650. The van der Waals surface area contributed by atoms with E-state index in [0.29, 0.717) is 0 Å². The third-order valence-corrected chi connectivity index (χ3v) is 3.82. The largest absolute Gasteiger partial charge is 0.388 e. The molecule has 0 radical (unpaired) electrons. The van der Waals surface area contributed by atoms with Gasteiger partial charge in [0.1, 0.15) is 10.2 Å². The second-order valence-electron chi connectivity index (χ2n) is 5.11. The molecule has 14 heavy (non-hydrogen) atoms. The van der Waals surface area contributed by atoms with E-state index in [1.165, 1.54) is 12.8 Å². The summed E-state index contributed by atoms with van der Waals surface area (Å²) in [7, 11) is 0. The molecule has 0 amide bonds. The van der Waals surface area contributed by atoms with Crippen LogP contribution < -0.4 is 0 Å². The minimum absolute atomic E-state index is 0.0220. The van der Waals surface area contributed by atoms with Crippen molar-refractivity contribution in [1.82, 2.24) is 0 Å². The molecule has 3 heteroatoms. The van der Waals surface area contributed by atoms with Gasteiger partial charge in [-0.05, 0) is 40.6 Å². The first-order valence-corrected chi connectivity index (χ1v) is 6.29. The van der Waals surface area contributed by atoms with Crippen LogP contribution in [0.25, 0.3) is 0 Å². The fraction of sp³-hybridized carbons (Fsp3) is 0.909. The standard InChI is InChI=1S/C11H18BrNO/c1-8-3-4-9(2)6-11(5-8)7-10(12)13-14-11/h8-9H,3-7H2,1-2H3/t8-,9+,11-. The summed E-state index contributed by atoms with van der Waals surface area (Å²) in [5.74, 6) is 1.54. The maximum atomic E-state index is 5.66. The molecular formula is C11H18BrNO. The molecule has 2 rings (SSSR count). The summed E-state index contributed by atoms with van der Waals surface area (Å²) < 4.78 is 0.985. The van der Waals surface area contributed by atoms with Crippen molar-refractivity contribution in [2.45, 2.75) is 51.6 Å². The number of nitrogens with zero attached hydrogens (tertiary/aromatic N) is 1. The van der Waals surface area contributed by atoms with Crippen LogP contribution in [0.1, 0.15) is 46.0 Å². The average molecular weight is 260 g/mol. The Labute approximate surface area is 94.2 Å². The molecule has 1 heterocycles. The van der Waals surface area contributed by atoms with Gasteiger partial charge in [-0.15, -0.1) is 0 Å². The van der Waals surface area contributed by atoms with Gasteiger partial charge in [-0.1, -0.05) is 31.8 Å². The Morgan fingerprint density at radius 1 is 1.29 bits per heavy atom. The van der Waals surface area contributed by atoms with Crippen LogP contribution in [0.2, 0.25) is 0 Å². The van der Waals surface area contributed by atoms with Gasteiger partial charge in [-0.25, -0.2) is 0 Å². The van der Waals surface area contributed by atoms with Crippen LogP contribution in [0.5, 0.6) is 0 Å². The predicted molar refractivity (Wildman–Crippen MR) is 61.6 cm³/mol. The highest BCUT2D eigenvalue weighted by Gasteiger charge is 2.42. The normalized spacial score (nSPS) is 43.2. The summed E-state index contributed by atoms with van der Waals surface area (Å²) in [6.07, 6.45) is 5.97. The monoisotopic (exact) mass is 259 g/mol. The minimum atomic E-state index is 0.0220. The van der Waals surface area contributed by atoms with Gasteiger partial charge in [0.05, 0.1) is 0 Å². The van der Waals surface area contributed by atoms with Crippen molar-refractivity contribution < 1.29 is 4.84 Å². The number of oxime groups is 1. The molecule has 1 aliphatic carbocycles. The van der Waals surface area contributed by atoms with Crippen LogP contribution in [-0.4, -0.2) is 10.2 Å². The number of hydrogen-bond acceptors (Lipinski definition) is 2. The van der Waals surface area contributed by atoms with E-state index >= 15 is 0 Å². The molecule has 0 aromatic heterocycles.